The molecule has 8 heteroatoms. The number of nitrogens with zero attached hydrogens (tertiary/aromatic N) is 4. The fourth-order valence-electron chi connectivity index (χ4n) is 3.50. The average molecular weight is 400 g/mol. The lowest BCUT2D eigenvalue weighted by atomic mass is 10.1. The molecular formula is C21H33N7O. The number of ether oxygens (including phenoxy) is 1. The lowest BCUT2D eigenvalue weighted by Gasteiger charge is -2.25. The van der Waals surface area contributed by atoms with Gasteiger partial charge in [-0.25, -0.2) is 5.43 Å². The number of benzene rings is 1. The Bertz CT molecular complexity index is 793. The fraction of sp³-hybridized carbons (Fsp3) is 0.524. The van der Waals surface area contributed by atoms with E-state index in [1.807, 2.05) is 12.1 Å². The third-order valence-corrected chi connectivity index (χ3v) is 5.13. The fourth-order valence-corrected chi connectivity index (χ4v) is 3.50. The summed E-state index contributed by atoms with van der Waals surface area (Å²) in [5.74, 6) is 0.751. The van der Waals surface area contributed by atoms with Crippen molar-refractivity contribution >= 4 is 17.3 Å². The summed E-state index contributed by atoms with van der Waals surface area (Å²) in [4.78, 5) is 11.2. The minimum Gasteiger partial charge on any atom is -0.463 e. The molecule has 29 heavy (non-hydrogen) atoms. The second kappa shape index (κ2) is 10.3. The van der Waals surface area contributed by atoms with Crippen LogP contribution in [0, 0.1) is 0 Å². The van der Waals surface area contributed by atoms with Crippen LogP contribution in [0.3, 0.4) is 0 Å². The topological polar surface area (TPSA) is 106 Å². The summed E-state index contributed by atoms with van der Waals surface area (Å²) in [5, 5.41) is 1.87. The summed E-state index contributed by atoms with van der Waals surface area (Å²) < 4.78 is 5.64. The molecule has 2 heterocycles. The van der Waals surface area contributed by atoms with Crippen LogP contribution in [-0.4, -0.2) is 41.6 Å². The van der Waals surface area contributed by atoms with E-state index in [2.05, 4.69) is 51.5 Å². The van der Waals surface area contributed by atoms with Gasteiger partial charge >= 0.3 is 6.01 Å². The summed E-state index contributed by atoms with van der Waals surface area (Å²) in [6.07, 6.45) is 4.56. The van der Waals surface area contributed by atoms with Gasteiger partial charge in [0, 0.05) is 13.6 Å². The summed E-state index contributed by atoms with van der Waals surface area (Å²) in [5.41, 5.74) is 18.2. The lowest BCUT2D eigenvalue weighted by Crippen LogP contribution is -2.36. The molecule has 0 aliphatic carbocycles. The number of rotatable bonds is 10. The van der Waals surface area contributed by atoms with Crippen LogP contribution < -0.4 is 26.6 Å². The molecule has 0 atom stereocenters. The number of nitrogens with two attached hydrogens (primary N) is 2. The molecule has 5 N–H and O–H groups in total. The van der Waals surface area contributed by atoms with Crippen molar-refractivity contribution in [2.45, 2.75) is 45.7 Å². The number of anilines is 3. The normalized spacial score (nSPS) is 14.3. The first-order chi connectivity index (χ1) is 14.1. The van der Waals surface area contributed by atoms with E-state index >= 15 is 0 Å². The first kappa shape index (κ1) is 21.1. The Labute approximate surface area is 173 Å². The van der Waals surface area contributed by atoms with Gasteiger partial charge in [0.1, 0.15) is 5.69 Å². The predicted octanol–water partition coefficient (Wildman–Crippen LogP) is 2.56. The first-order valence-electron chi connectivity index (χ1n) is 10.4. The molecule has 0 unspecified atom stereocenters. The number of hydrazine groups is 1. The Morgan fingerprint density at radius 3 is 2.66 bits per heavy atom. The molecule has 2 aromatic rings. The molecule has 1 saturated heterocycles. The molecule has 0 amide bonds. The van der Waals surface area contributed by atoms with E-state index < -0.39 is 0 Å². The first-order valence-corrected chi connectivity index (χ1v) is 10.4. The maximum atomic E-state index is 6.18. The SMILES string of the molecule is CCCCOc1nc(N)c(N)c(N(Cc2cccc(CN3CCCC3)c2)NC)n1. The van der Waals surface area contributed by atoms with Crippen LogP contribution in [0.25, 0.3) is 0 Å². The van der Waals surface area contributed by atoms with Gasteiger partial charge in [0.25, 0.3) is 0 Å². The molecule has 0 spiro atoms. The van der Waals surface area contributed by atoms with Crippen molar-refractivity contribution in [3.63, 3.8) is 0 Å². The largest absolute Gasteiger partial charge is 0.463 e. The van der Waals surface area contributed by atoms with Crippen molar-refractivity contribution in [2.24, 2.45) is 0 Å². The number of hydrogen-bond acceptors (Lipinski definition) is 8. The van der Waals surface area contributed by atoms with Gasteiger partial charge in [-0.15, -0.1) is 0 Å². The van der Waals surface area contributed by atoms with Crippen LogP contribution in [0.5, 0.6) is 6.01 Å². The number of hydrogen-bond donors (Lipinski definition) is 3. The summed E-state index contributed by atoms with van der Waals surface area (Å²) in [6, 6.07) is 8.88. The molecule has 8 nitrogen and oxygen atoms in total. The van der Waals surface area contributed by atoms with Crippen LogP contribution in [0.2, 0.25) is 0 Å². The van der Waals surface area contributed by atoms with Crippen molar-refractivity contribution in [2.75, 3.05) is 43.2 Å². The van der Waals surface area contributed by atoms with E-state index in [-0.39, 0.29) is 11.8 Å². The van der Waals surface area contributed by atoms with Gasteiger partial charge in [0.15, 0.2) is 11.6 Å². The van der Waals surface area contributed by atoms with Gasteiger partial charge in [-0.3, -0.25) is 9.91 Å². The Hall–Kier alpha value is -2.58. The van der Waals surface area contributed by atoms with Crippen LogP contribution in [0.15, 0.2) is 24.3 Å². The third-order valence-electron chi connectivity index (χ3n) is 5.13. The standard InChI is InChI=1S/C21H33N7O/c1-3-4-12-29-21-25-19(23)18(22)20(26-21)28(24-2)15-17-9-7-8-16(13-17)14-27-10-5-6-11-27/h7-9,13,24H,3-6,10-12,14-15,22H2,1-2H3,(H2,23,25,26). The molecule has 1 fully saturated rings. The second-order valence-electron chi connectivity index (χ2n) is 7.44. The van der Waals surface area contributed by atoms with E-state index in [0.717, 1.165) is 19.4 Å². The Morgan fingerprint density at radius 2 is 1.93 bits per heavy atom. The highest BCUT2D eigenvalue weighted by Crippen LogP contribution is 2.28. The average Bonchev–Trinajstić information content (AvgIpc) is 3.22. The molecule has 1 aliphatic heterocycles. The van der Waals surface area contributed by atoms with Crippen molar-refractivity contribution in [3.8, 4) is 6.01 Å². The van der Waals surface area contributed by atoms with Crippen LogP contribution in [-0.2, 0) is 13.1 Å². The molecule has 1 aromatic carbocycles. The van der Waals surface area contributed by atoms with Gasteiger partial charge in [-0.05, 0) is 43.5 Å². The van der Waals surface area contributed by atoms with Crippen molar-refractivity contribution < 1.29 is 4.74 Å². The zero-order valence-corrected chi connectivity index (χ0v) is 17.5. The van der Waals surface area contributed by atoms with E-state index in [0.29, 0.717) is 24.7 Å². The smallest absolute Gasteiger partial charge is 0.320 e. The van der Waals surface area contributed by atoms with Crippen LogP contribution in [0.1, 0.15) is 43.7 Å². The van der Waals surface area contributed by atoms with E-state index in [1.54, 1.807) is 0 Å². The summed E-state index contributed by atoms with van der Waals surface area (Å²) in [6.45, 7) is 6.62. The maximum Gasteiger partial charge on any atom is 0.320 e. The molecule has 0 saturated carbocycles. The lowest BCUT2D eigenvalue weighted by molar-refractivity contribution is 0.286. The van der Waals surface area contributed by atoms with Gasteiger partial charge in [-0.1, -0.05) is 37.6 Å². The highest BCUT2D eigenvalue weighted by atomic mass is 16.5. The minimum absolute atomic E-state index is 0.226. The summed E-state index contributed by atoms with van der Waals surface area (Å²) in [7, 11) is 1.84. The van der Waals surface area contributed by atoms with Crippen molar-refractivity contribution in [3.05, 3.63) is 35.4 Å². The molecule has 0 radical (unpaired) electrons. The number of aromatic nitrogens is 2. The number of unbranched alkanes of at least 4 members (excludes halogenated alkanes) is 1. The van der Waals surface area contributed by atoms with Gasteiger partial charge in [0.2, 0.25) is 0 Å². The second-order valence-corrected chi connectivity index (χ2v) is 7.44. The van der Waals surface area contributed by atoms with Crippen LogP contribution >= 0.6 is 0 Å². The Kier molecular flexibility index (Phi) is 7.48. The highest BCUT2D eigenvalue weighted by molar-refractivity contribution is 5.73. The minimum atomic E-state index is 0.226. The monoisotopic (exact) mass is 399 g/mol. The van der Waals surface area contributed by atoms with E-state index in [9.17, 15) is 0 Å². The number of nitrogens with one attached hydrogen (secondary N) is 1. The third kappa shape index (κ3) is 5.71. The quantitative estimate of drug-likeness (QED) is 0.413. The number of likely N-dealkylation sites (tertiary alicyclic amines) is 1. The van der Waals surface area contributed by atoms with Crippen molar-refractivity contribution in [1.82, 2.24) is 20.3 Å². The summed E-state index contributed by atoms with van der Waals surface area (Å²) >= 11 is 0. The highest BCUT2D eigenvalue weighted by Gasteiger charge is 2.17. The number of nitrogen functional groups attached to an aromatic ring is 2. The van der Waals surface area contributed by atoms with Gasteiger partial charge in [0.05, 0.1) is 13.2 Å². The molecule has 0 bridgehead atoms. The van der Waals surface area contributed by atoms with E-state index in [1.165, 1.54) is 37.1 Å². The Balaban J connectivity index is 1.75. The zero-order chi connectivity index (χ0) is 20.6. The van der Waals surface area contributed by atoms with E-state index in [4.69, 9.17) is 16.2 Å². The van der Waals surface area contributed by atoms with Crippen LogP contribution in [0.4, 0.5) is 17.3 Å². The molecule has 1 aromatic heterocycles. The van der Waals surface area contributed by atoms with Gasteiger partial charge < -0.3 is 16.2 Å². The molecule has 3 rings (SSSR count). The predicted molar refractivity (Wildman–Crippen MR) is 117 cm³/mol. The van der Waals surface area contributed by atoms with Crippen molar-refractivity contribution in [1.29, 1.82) is 0 Å². The Morgan fingerprint density at radius 1 is 1.17 bits per heavy atom. The molecule has 1 aliphatic rings. The molecule has 158 valence electrons. The zero-order valence-electron chi connectivity index (χ0n) is 17.5. The van der Waals surface area contributed by atoms with Gasteiger partial charge in [-0.2, -0.15) is 9.97 Å². The molecular weight excluding hydrogens is 366 g/mol. The maximum absolute atomic E-state index is 6.18.